The molecule has 1 aromatic heterocycles. The standard InChI is InChI=1S/C12H7BrClN3/c13-11-5-9(14)7-16-12(11)17-10-3-1-8(6-15)2-4-10/h1-5,7H,(H,16,17). The van der Waals surface area contributed by atoms with Gasteiger partial charge in [0.2, 0.25) is 0 Å². The van der Waals surface area contributed by atoms with Gasteiger partial charge in [-0.3, -0.25) is 0 Å². The first-order chi connectivity index (χ1) is 8.19. The molecule has 0 unspecified atom stereocenters. The molecule has 84 valence electrons. The van der Waals surface area contributed by atoms with E-state index in [4.69, 9.17) is 16.9 Å². The lowest BCUT2D eigenvalue weighted by Crippen LogP contribution is -1.94. The molecule has 0 aliphatic rings. The summed E-state index contributed by atoms with van der Waals surface area (Å²) in [6.45, 7) is 0. The maximum absolute atomic E-state index is 8.69. The van der Waals surface area contributed by atoms with Gasteiger partial charge in [-0.1, -0.05) is 11.6 Å². The maximum Gasteiger partial charge on any atom is 0.144 e. The zero-order valence-corrected chi connectivity index (χ0v) is 11.0. The Labute approximate surface area is 112 Å². The average molecular weight is 309 g/mol. The van der Waals surface area contributed by atoms with E-state index < -0.39 is 0 Å². The number of pyridine rings is 1. The smallest absolute Gasteiger partial charge is 0.144 e. The second kappa shape index (κ2) is 5.17. The lowest BCUT2D eigenvalue weighted by Gasteiger charge is -2.07. The van der Waals surface area contributed by atoms with Gasteiger partial charge in [-0.15, -0.1) is 0 Å². The van der Waals surface area contributed by atoms with Crippen LogP contribution in [0.5, 0.6) is 0 Å². The first-order valence-corrected chi connectivity index (χ1v) is 5.94. The second-order valence-electron chi connectivity index (χ2n) is 3.30. The third kappa shape index (κ3) is 2.96. The van der Waals surface area contributed by atoms with Gasteiger partial charge < -0.3 is 5.32 Å². The summed E-state index contributed by atoms with van der Waals surface area (Å²) in [7, 11) is 0. The van der Waals surface area contributed by atoms with Crippen molar-refractivity contribution >= 4 is 39.0 Å². The van der Waals surface area contributed by atoms with Crippen molar-refractivity contribution < 1.29 is 0 Å². The Balaban J connectivity index is 2.23. The summed E-state index contributed by atoms with van der Waals surface area (Å²) in [4.78, 5) is 4.16. The summed E-state index contributed by atoms with van der Waals surface area (Å²) in [5, 5.41) is 12.4. The molecule has 1 aromatic carbocycles. The van der Waals surface area contributed by atoms with Crippen molar-refractivity contribution in [1.82, 2.24) is 4.98 Å². The van der Waals surface area contributed by atoms with E-state index in [1.165, 1.54) is 0 Å². The molecular formula is C12H7BrClN3. The third-order valence-electron chi connectivity index (χ3n) is 2.08. The van der Waals surface area contributed by atoms with Crippen LogP contribution in [0.1, 0.15) is 5.56 Å². The Morgan fingerprint density at radius 2 is 2.00 bits per heavy atom. The van der Waals surface area contributed by atoms with Crippen LogP contribution in [0, 0.1) is 11.3 Å². The van der Waals surface area contributed by atoms with E-state index in [1.54, 1.807) is 24.4 Å². The molecule has 0 radical (unpaired) electrons. The summed E-state index contributed by atoms with van der Waals surface area (Å²) in [5.74, 6) is 0.680. The lowest BCUT2D eigenvalue weighted by molar-refractivity contribution is 1.29. The SMILES string of the molecule is N#Cc1ccc(Nc2ncc(Cl)cc2Br)cc1. The number of nitriles is 1. The minimum Gasteiger partial charge on any atom is -0.339 e. The predicted molar refractivity (Wildman–Crippen MR) is 71.4 cm³/mol. The van der Waals surface area contributed by atoms with Crippen molar-refractivity contribution in [3.63, 3.8) is 0 Å². The Kier molecular flexibility index (Phi) is 3.62. The fourth-order valence-electron chi connectivity index (χ4n) is 1.27. The summed E-state index contributed by atoms with van der Waals surface area (Å²) in [6.07, 6.45) is 1.57. The largest absolute Gasteiger partial charge is 0.339 e. The molecular weight excluding hydrogens is 302 g/mol. The summed E-state index contributed by atoms with van der Waals surface area (Å²) in [5.41, 5.74) is 1.48. The van der Waals surface area contributed by atoms with Crippen molar-refractivity contribution in [2.75, 3.05) is 5.32 Å². The lowest BCUT2D eigenvalue weighted by atomic mass is 10.2. The second-order valence-corrected chi connectivity index (χ2v) is 4.59. The monoisotopic (exact) mass is 307 g/mol. The summed E-state index contributed by atoms with van der Waals surface area (Å²) >= 11 is 9.17. The number of anilines is 2. The third-order valence-corrected chi connectivity index (χ3v) is 2.90. The fraction of sp³-hybridized carbons (Fsp3) is 0. The van der Waals surface area contributed by atoms with Crippen LogP contribution in [0.4, 0.5) is 11.5 Å². The highest BCUT2D eigenvalue weighted by Crippen LogP contribution is 2.26. The molecule has 3 nitrogen and oxygen atoms in total. The minimum atomic E-state index is 0.572. The van der Waals surface area contributed by atoms with Crippen LogP contribution in [0.15, 0.2) is 41.0 Å². The van der Waals surface area contributed by atoms with Gasteiger partial charge in [0.25, 0.3) is 0 Å². The number of nitrogens with one attached hydrogen (secondary N) is 1. The van der Waals surface area contributed by atoms with Crippen molar-refractivity contribution in [2.24, 2.45) is 0 Å². The number of benzene rings is 1. The number of rotatable bonds is 2. The number of hydrogen-bond acceptors (Lipinski definition) is 3. The highest BCUT2D eigenvalue weighted by atomic mass is 79.9. The van der Waals surface area contributed by atoms with Crippen LogP contribution in [0.2, 0.25) is 5.02 Å². The average Bonchev–Trinajstić information content (AvgIpc) is 2.34. The van der Waals surface area contributed by atoms with Crippen LogP contribution in [-0.2, 0) is 0 Å². The van der Waals surface area contributed by atoms with Crippen molar-refractivity contribution in [1.29, 1.82) is 5.26 Å². The van der Waals surface area contributed by atoms with Gasteiger partial charge >= 0.3 is 0 Å². The highest BCUT2D eigenvalue weighted by molar-refractivity contribution is 9.10. The van der Waals surface area contributed by atoms with Crippen LogP contribution < -0.4 is 5.32 Å². The van der Waals surface area contributed by atoms with Gasteiger partial charge in [0, 0.05) is 11.9 Å². The van der Waals surface area contributed by atoms with E-state index in [0.717, 1.165) is 10.2 Å². The number of hydrogen-bond donors (Lipinski definition) is 1. The topological polar surface area (TPSA) is 48.7 Å². The first kappa shape index (κ1) is 11.9. The van der Waals surface area contributed by atoms with Gasteiger partial charge in [0.1, 0.15) is 5.82 Å². The Hall–Kier alpha value is -1.57. The van der Waals surface area contributed by atoms with Crippen LogP contribution in [-0.4, -0.2) is 4.98 Å². The van der Waals surface area contributed by atoms with E-state index in [2.05, 4.69) is 32.3 Å². The molecule has 0 spiro atoms. The van der Waals surface area contributed by atoms with Gasteiger partial charge in [-0.2, -0.15) is 5.26 Å². The minimum absolute atomic E-state index is 0.572. The van der Waals surface area contributed by atoms with Gasteiger partial charge in [0.05, 0.1) is 21.1 Å². The normalized spacial score (nSPS) is 9.71. The highest BCUT2D eigenvalue weighted by Gasteiger charge is 2.02. The zero-order chi connectivity index (χ0) is 12.3. The Bertz CT molecular complexity index is 575. The van der Waals surface area contributed by atoms with Crippen molar-refractivity contribution in [3.8, 4) is 6.07 Å². The van der Waals surface area contributed by atoms with Crippen molar-refractivity contribution in [3.05, 3.63) is 51.6 Å². The molecule has 0 saturated carbocycles. The van der Waals surface area contributed by atoms with Crippen LogP contribution in [0.25, 0.3) is 0 Å². The van der Waals surface area contributed by atoms with Gasteiger partial charge in [0.15, 0.2) is 0 Å². The number of aromatic nitrogens is 1. The molecule has 2 aromatic rings. The van der Waals surface area contributed by atoms with Crippen LogP contribution in [0.3, 0.4) is 0 Å². The van der Waals surface area contributed by atoms with Gasteiger partial charge in [-0.25, -0.2) is 4.98 Å². The molecule has 0 bridgehead atoms. The molecule has 0 saturated heterocycles. The maximum atomic E-state index is 8.69. The van der Waals surface area contributed by atoms with Crippen LogP contribution >= 0.6 is 27.5 Å². The quantitative estimate of drug-likeness (QED) is 0.908. The molecule has 0 fully saturated rings. The zero-order valence-electron chi connectivity index (χ0n) is 8.61. The summed E-state index contributed by atoms with van der Waals surface area (Å²) < 4.78 is 0.786. The molecule has 1 heterocycles. The summed E-state index contributed by atoms with van der Waals surface area (Å²) in [6, 6.07) is 11.0. The molecule has 1 N–H and O–H groups in total. The molecule has 5 heteroatoms. The molecule has 0 aliphatic heterocycles. The molecule has 2 rings (SSSR count). The Morgan fingerprint density at radius 1 is 1.29 bits per heavy atom. The molecule has 0 atom stereocenters. The molecule has 0 amide bonds. The first-order valence-electron chi connectivity index (χ1n) is 4.77. The number of halogens is 2. The van der Waals surface area contributed by atoms with E-state index >= 15 is 0 Å². The van der Waals surface area contributed by atoms with Gasteiger partial charge in [-0.05, 0) is 46.3 Å². The molecule has 0 aliphatic carbocycles. The van der Waals surface area contributed by atoms with Crippen molar-refractivity contribution in [2.45, 2.75) is 0 Å². The van der Waals surface area contributed by atoms with E-state index in [9.17, 15) is 0 Å². The Morgan fingerprint density at radius 3 is 2.59 bits per heavy atom. The predicted octanol–water partition coefficient (Wildman–Crippen LogP) is 4.11. The van der Waals surface area contributed by atoms with E-state index in [0.29, 0.717) is 16.4 Å². The van der Waals surface area contributed by atoms with E-state index in [1.807, 2.05) is 12.1 Å². The molecule has 17 heavy (non-hydrogen) atoms. The number of nitrogens with zero attached hydrogens (tertiary/aromatic N) is 2. The fourth-order valence-corrected chi connectivity index (χ4v) is 2.01. The van der Waals surface area contributed by atoms with E-state index in [-0.39, 0.29) is 0 Å².